The number of ether oxygens (including phenoxy) is 1. The minimum Gasteiger partial charge on any atom is -0.478 e. The maximum absolute atomic E-state index is 11.3. The highest BCUT2D eigenvalue weighted by atomic mass is 16.6. The van der Waals surface area contributed by atoms with Gasteiger partial charge < -0.3 is 15.2 Å². The van der Waals surface area contributed by atoms with Crippen molar-refractivity contribution >= 4 is 23.6 Å². The van der Waals surface area contributed by atoms with Crippen molar-refractivity contribution in [3.63, 3.8) is 0 Å². The molecule has 112 valence electrons. The van der Waals surface area contributed by atoms with E-state index in [2.05, 4.69) is 5.32 Å². The first-order valence-corrected chi connectivity index (χ1v) is 5.51. The Bertz CT molecular complexity index is 599. The molecule has 0 aromatic heterocycles. The van der Waals surface area contributed by atoms with Gasteiger partial charge in [0.05, 0.1) is 10.5 Å². The molecule has 0 atom stereocenters. The fourth-order valence-corrected chi connectivity index (χ4v) is 1.28. The SMILES string of the molecule is CNC(=O)NC(=O)COc1cc(C(=O)O)ccc1[N+](=O)[O-]. The lowest BCUT2D eigenvalue weighted by Gasteiger charge is -2.07. The Hall–Kier alpha value is -3.17. The summed E-state index contributed by atoms with van der Waals surface area (Å²) in [4.78, 5) is 43.0. The van der Waals surface area contributed by atoms with Gasteiger partial charge in [0.2, 0.25) is 0 Å². The maximum atomic E-state index is 11.3. The number of carbonyl (C=O) groups is 3. The van der Waals surface area contributed by atoms with Crippen LogP contribution in [0.2, 0.25) is 0 Å². The molecule has 10 heteroatoms. The van der Waals surface area contributed by atoms with Gasteiger partial charge in [-0.2, -0.15) is 0 Å². The summed E-state index contributed by atoms with van der Waals surface area (Å²) in [6.07, 6.45) is 0. The number of benzene rings is 1. The Labute approximate surface area is 117 Å². The van der Waals surface area contributed by atoms with Crippen molar-refractivity contribution in [3.05, 3.63) is 33.9 Å². The summed E-state index contributed by atoms with van der Waals surface area (Å²) in [5.41, 5.74) is -0.727. The highest BCUT2D eigenvalue weighted by molar-refractivity contribution is 5.95. The van der Waals surface area contributed by atoms with Crippen LogP contribution in [0.3, 0.4) is 0 Å². The van der Waals surface area contributed by atoms with Crippen molar-refractivity contribution in [2.24, 2.45) is 0 Å². The van der Waals surface area contributed by atoms with Gasteiger partial charge in [0.25, 0.3) is 5.91 Å². The minimum absolute atomic E-state index is 0.234. The van der Waals surface area contributed by atoms with E-state index in [1.54, 1.807) is 0 Å². The summed E-state index contributed by atoms with van der Waals surface area (Å²) in [5, 5.41) is 23.6. The number of rotatable bonds is 5. The number of nitrogens with one attached hydrogen (secondary N) is 2. The standard InChI is InChI=1S/C11H11N3O7/c1-12-11(18)13-9(15)5-21-8-4-6(10(16)17)2-3-7(8)14(19)20/h2-4H,5H2,1H3,(H,16,17)(H2,12,13,15,18). The average molecular weight is 297 g/mol. The Kier molecular flexibility index (Phi) is 5.17. The number of nitro benzene ring substituents is 1. The van der Waals surface area contributed by atoms with E-state index in [1.165, 1.54) is 7.05 Å². The fraction of sp³-hybridized carbons (Fsp3) is 0.182. The molecule has 0 aliphatic rings. The van der Waals surface area contributed by atoms with E-state index in [1.807, 2.05) is 5.32 Å². The van der Waals surface area contributed by atoms with Gasteiger partial charge in [0, 0.05) is 19.2 Å². The van der Waals surface area contributed by atoms with Crippen LogP contribution in [0.4, 0.5) is 10.5 Å². The summed E-state index contributed by atoms with van der Waals surface area (Å²) >= 11 is 0. The van der Waals surface area contributed by atoms with Crippen LogP contribution < -0.4 is 15.4 Å². The second kappa shape index (κ2) is 6.84. The highest BCUT2D eigenvalue weighted by Gasteiger charge is 2.19. The number of carbonyl (C=O) groups excluding carboxylic acids is 2. The molecule has 0 aliphatic heterocycles. The van der Waals surface area contributed by atoms with Crippen molar-refractivity contribution in [1.29, 1.82) is 0 Å². The van der Waals surface area contributed by atoms with E-state index in [0.29, 0.717) is 0 Å². The lowest BCUT2D eigenvalue weighted by molar-refractivity contribution is -0.385. The van der Waals surface area contributed by atoms with Crippen LogP contribution in [-0.2, 0) is 4.79 Å². The third kappa shape index (κ3) is 4.45. The molecule has 0 unspecified atom stereocenters. The fourth-order valence-electron chi connectivity index (χ4n) is 1.28. The smallest absolute Gasteiger partial charge is 0.335 e. The first kappa shape index (κ1) is 15.9. The third-order valence-electron chi connectivity index (χ3n) is 2.24. The highest BCUT2D eigenvalue weighted by Crippen LogP contribution is 2.27. The van der Waals surface area contributed by atoms with E-state index in [0.717, 1.165) is 18.2 Å². The quantitative estimate of drug-likeness (QED) is 0.516. The average Bonchev–Trinajstić information content (AvgIpc) is 2.44. The van der Waals surface area contributed by atoms with Crippen molar-refractivity contribution in [2.45, 2.75) is 0 Å². The summed E-state index contributed by atoms with van der Waals surface area (Å²) in [6, 6.07) is 2.15. The van der Waals surface area contributed by atoms with Gasteiger partial charge >= 0.3 is 17.7 Å². The van der Waals surface area contributed by atoms with Crippen molar-refractivity contribution in [2.75, 3.05) is 13.7 Å². The number of nitro groups is 1. The molecule has 3 N–H and O–H groups in total. The topological polar surface area (TPSA) is 148 Å². The van der Waals surface area contributed by atoms with Crippen LogP contribution >= 0.6 is 0 Å². The minimum atomic E-state index is -1.30. The second-order valence-electron chi connectivity index (χ2n) is 3.66. The summed E-state index contributed by atoms with van der Waals surface area (Å²) in [6.45, 7) is -0.683. The zero-order valence-electron chi connectivity index (χ0n) is 10.8. The molecule has 10 nitrogen and oxygen atoms in total. The van der Waals surface area contributed by atoms with Crippen molar-refractivity contribution in [1.82, 2.24) is 10.6 Å². The number of hydrogen-bond acceptors (Lipinski definition) is 6. The molecule has 0 saturated heterocycles. The molecular formula is C11H11N3O7. The van der Waals surface area contributed by atoms with Crippen molar-refractivity contribution < 1.29 is 29.2 Å². The first-order valence-electron chi connectivity index (χ1n) is 5.51. The third-order valence-corrected chi connectivity index (χ3v) is 2.24. The largest absolute Gasteiger partial charge is 0.478 e. The Morgan fingerprint density at radius 1 is 1.38 bits per heavy atom. The van der Waals surface area contributed by atoms with Gasteiger partial charge in [-0.3, -0.25) is 20.2 Å². The number of carboxylic acids is 1. The van der Waals surface area contributed by atoms with Crippen LogP contribution in [0.25, 0.3) is 0 Å². The number of urea groups is 1. The zero-order valence-corrected chi connectivity index (χ0v) is 10.8. The number of nitrogens with zero attached hydrogens (tertiary/aromatic N) is 1. The predicted octanol–water partition coefficient (Wildman–Crippen LogP) is 0.127. The lowest BCUT2D eigenvalue weighted by atomic mass is 10.2. The van der Waals surface area contributed by atoms with Gasteiger partial charge in [-0.25, -0.2) is 9.59 Å². The molecule has 21 heavy (non-hydrogen) atoms. The molecular weight excluding hydrogens is 286 g/mol. The summed E-state index contributed by atoms with van der Waals surface area (Å²) in [5.74, 6) is -2.53. The monoisotopic (exact) mass is 297 g/mol. The number of hydrogen-bond donors (Lipinski definition) is 3. The van der Waals surface area contributed by atoms with Gasteiger partial charge in [-0.15, -0.1) is 0 Å². The summed E-state index contributed by atoms with van der Waals surface area (Å²) in [7, 11) is 1.30. The first-order chi connectivity index (χ1) is 9.85. The molecule has 3 amide bonds. The van der Waals surface area contributed by atoms with Crippen LogP contribution in [0.5, 0.6) is 5.75 Å². The number of imide groups is 1. The zero-order chi connectivity index (χ0) is 16.0. The molecule has 1 aromatic carbocycles. The second-order valence-corrected chi connectivity index (χ2v) is 3.66. The normalized spacial score (nSPS) is 9.57. The van der Waals surface area contributed by atoms with Gasteiger partial charge in [0.1, 0.15) is 0 Å². The van der Waals surface area contributed by atoms with E-state index in [4.69, 9.17) is 9.84 Å². The Morgan fingerprint density at radius 2 is 2.05 bits per heavy atom. The molecule has 1 rings (SSSR count). The van der Waals surface area contributed by atoms with Gasteiger partial charge in [-0.05, 0) is 6.07 Å². The predicted molar refractivity (Wildman–Crippen MR) is 68.1 cm³/mol. The number of amides is 3. The van der Waals surface area contributed by atoms with E-state index in [-0.39, 0.29) is 11.3 Å². The van der Waals surface area contributed by atoms with E-state index < -0.39 is 35.1 Å². The van der Waals surface area contributed by atoms with Crippen LogP contribution in [0, 0.1) is 10.1 Å². The molecule has 1 aromatic rings. The molecule has 0 radical (unpaired) electrons. The molecule has 0 aliphatic carbocycles. The van der Waals surface area contributed by atoms with Gasteiger partial charge in [-0.1, -0.05) is 0 Å². The Morgan fingerprint density at radius 3 is 2.57 bits per heavy atom. The van der Waals surface area contributed by atoms with Crippen molar-refractivity contribution in [3.8, 4) is 5.75 Å². The van der Waals surface area contributed by atoms with Gasteiger partial charge in [0.15, 0.2) is 12.4 Å². The Balaban J connectivity index is 2.87. The maximum Gasteiger partial charge on any atom is 0.335 e. The molecule has 0 fully saturated rings. The molecule has 0 heterocycles. The molecule has 0 saturated carbocycles. The lowest BCUT2D eigenvalue weighted by Crippen LogP contribution is -2.40. The summed E-state index contributed by atoms with van der Waals surface area (Å²) < 4.78 is 4.90. The van der Waals surface area contributed by atoms with E-state index in [9.17, 15) is 24.5 Å². The number of aromatic carboxylic acids is 1. The van der Waals surface area contributed by atoms with E-state index >= 15 is 0 Å². The molecule has 0 spiro atoms. The van der Waals surface area contributed by atoms with Crippen LogP contribution in [-0.4, -0.2) is 41.6 Å². The van der Waals surface area contributed by atoms with Crippen LogP contribution in [0.1, 0.15) is 10.4 Å². The number of carboxylic acid groups (broad SMARTS) is 1. The molecule has 0 bridgehead atoms. The van der Waals surface area contributed by atoms with Crippen LogP contribution in [0.15, 0.2) is 18.2 Å².